The molecule has 1 fully saturated rings. The largest absolute Gasteiger partial charge is 0.369 e. The lowest BCUT2D eigenvalue weighted by Gasteiger charge is -2.37. The van der Waals surface area contributed by atoms with Gasteiger partial charge >= 0.3 is 0 Å². The first-order chi connectivity index (χ1) is 8.06. The smallest absolute Gasteiger partial charge is 0.236 e. The summed E-state index contributed by atoms with van der Waals surface area (Å²) < 4.78 is 0. The van der Waals surface area contributed by atoms with Crippen LogP contribution < -0.4 is 11.1 Å². The van der Waals surface area contributed by atoms with Gasteiger partial charge in [-0.15, -0.1) is 6.42 Å². The van der Waals surface area contributed by atoms with Crippen molar-refractivity contribution in [3.63, 3.8) is 0 Å². The predicted octanol–water partition coefficient (Wildman–Crippen LogP) is -0.678. The highest BCUT2D eigenvalue weighted by atomic mass is 16.2. The van der Waals surface area contributed by atoms with Crippen LogP contribution in [0.1, 0.15) is 19.8 Å². The number of nitrogens with two attached hydrogens (primary N) is 1. The Morgan fingerprint density at radius 2 is 2.24 bits per heavy atom. The highest BCUT2D eigenvalue weighted by Gasteiger charge is 2.31. The topological polar surface area (TPSA) is 75.4 Å². The first-order valence-electron chi connectivity index (χ1n) is 5.79. The van der Waals surface area contributed by atoms with Gasteiger partial charge in [-0.25, -0.2) is 0 Å². The molecule has 0 bridgehead atoms. The molecule has 2 atom stereocenters. The molecular formula is C12H19N3O2. The molecule has 5 nitrogen and oxygen atoms in total. The van der Waals surface area contributed by atoms with Crippen molar-refractivity contribution >= 4 is 11.8 Å². The first-order valence-corrected chi connectivity index (χ1v) is 5.79. The number of terminal acetylenes is 1. The Hall–Kier alpha value is -1.54. The van der Waals surface area contributed by atoms with Gasteiger partial charge in [-0.1, -0.05) is 5.92 Å². The van der Waals surface area contributed by atoms with Crippen molar-refractivity contribution in [2.75, 3.05) is 19.6 Å². The van der Waals surface area contributed by atoms with E-state index in [-0.39, 0.29) is 30.3 Å². The Bertz CT molecular complexity index is 335. The number of carbonyl (C=O) groups is 2. The van der Waals surface area contributed by atoms with Crippen molar-refractivity contribution in [1.82, 2.24) is 10.2 Å². The average Bonchev–Trinajstić information content (AvgIpc) is 2.29. The summed E-state index contributed by atoms with van der Waals surface area (Å²) in [4.78, 5) is 24.7. The van der Waals surface area contributed by atoms with Crippen molar-refractivity contribution in [3.8, 4) is 12.3 Å². The number of amides is 2. The van der Waals surface area contributed by atoms with E-state index in [1.54, 1.807) is 4.90 Å². The van der Waals surface area contributed by atoms with Gasteiger partial charge in [-0.2, -0.15) is 0 Å². The maximum atomic E-state index is 11.9. The molecule has 1 aliphatic heterocycles. The fourth-order valence-electron chi connectivity index (χ4n) is 2.03. The molecule has 17 heavy (non-hydrogen) atoms. The van der Waals surface area contributed by atoms with Crippen LogP contribution in [0.3, 0.4) is 0 Å². The van der Waals surface area contributed by atoms with Crippen molar-refractivity contribution in [1.29, 1.82) is 0 Å². The fraction of sp³-hybridized carbons (Fsp3) is 0.667. The highest BCUT2D eigenvalue weighted by molar-refractivity contribution is 5.81. The van der Waals surface area contributed by atoms with Crippen LogP contribution in [0.5, 0.6) is 0 Å². The third kappa shape index (κ3) is 3.75. The number of nitrogens with zero attached hydrogens (tertiary/aromatic N) is 1. The van der Waals surface area contributed by atoms with E-state index in [1.807, 2.05) is 6.92 Å². The summed E-state index contributed by atoms with van der Waals surface area (Å²) >= 11 is 0. The van der Waals surface area contributed by atoms with Crippen LogP contribution in [0.25, 0.3) is 0 Å². The maximum Gasteiger partial charge on any atom is 0.236 e. The van der Waals surface area contributed by atoms with Gasteiger partial charge < -0.3 is 10.6 Å². The SMILES string of the molecule is C#CCNCC(=O)N1CC(C(N)=O)CCC1C. The summed E-state index contributed by atoms with van der Waals surface area (Å²) in [7, 11) is 0. The Morgan fingerprint density at radius 3 is 2.82 bits per heavy atom. The molecule has 1 heterocycles. The Labute approximate surface area is 102 Å². The third-order valence-electron chi connectivity index (χ3n) is 3.11. The van der Waals surface area contributed by atoms with Crippen LogP contribution in [0.15, 0.2) is 0 Å². The number of carbonyl (C=O) groups excluding carboxylic acids is 2. The summed E-state index contributed by atoms with van der Waals surface area (Å²) in [6.45, 7) is 2.98. The number of nitrogens with one attached hydrogen (secondary N) is 1. The monoisotopic (exact) mass is 237 g/mol. The molecule has 2 unspecified atom stereocenters. The minimum absolute atomic E-state index is 0.0290. The van der Waals surface area contributed by atoms with E-state index in [0.717, 1.165) is 12.8 Å². The second-order valence-electron chi connectivity index (χ2n) is 4.38. The van der Waals surface area contributed by atoms with Crippen molar-refractivity contribution < 1.29 is 9.59 Å². The molecule has 0 aromatic rings. The number of hydrogen-bond donors (Lipinski definition) is 2. The number of hydrogen-bond acceptors (Lipinski definition) is 3. The van der Waals surface area contributed by atoms with Gasteiger partial charge in [-0.05, 0) is 19.8 Å². The number of piperidine rings is 1. The zero-order valence-electron chi connectivity index (χ0n) is 10.1. The van der Waals surface area contributed by atoms with Crippen LogP contribution in [-0.4, -0.2) is 42.4 Å². The summed E-state index contributed by atoms with van der Waals surface area (Å²) in [5.74, 6) is 1.83. The van der Waals surface area contributed by atoms with Crippen LogP contribution in [0.2, 0.25) is 0 Å². The fourth-order valence-corrected chi connectivity index (χ4v) is 2.03. The molecule has 0 saturated carbocycles. The lowest BCUT2D eigenvalue weighted by Crippen LogP contribution is -2.51. The summed E-state index contributed by atoms with van der Waals surface area (Å²) in [5.41, 5.74) is 5.28. The van der Waals surface area contributed by atoms with Crippen LogP contribution in [0.4, 0.5) is 0 Å². The van der Waals surface area contributed by atoms with Crippen molar-refractivity contribution in [2.24, 2.45) is 11.7 Å². The Morgan fingerprint density at radius 1 is 1.53 bits per heavy atom. The van der Waals surface area contributed by atoms with Crippen LogP contribution >= 0.6 is 0 Å². The van der Waals surface area contributed by atoms with Gasteiger partial charge in [0.2, 0.25) is 11.8 Å². The molecular weight excluding hydrogens is 218 g/mol. The predicted molar refractivity (Wildman–Crippen MR) is 64.8 cm³/mol. The molecule has 2 amide bonds. The Kier molecular flexibility index (Phi) is 4.98. The Balaban J connectivity index is 2.52. The molecule has 1 saturated heterocycles. The number of rotatable bonds is 4. The molecule has 1 rings (SSSR count). The van der Waals surface area contributed by atoms with Gasteiger partial charge in [0, 0.05) is 12.6 Å². The standard InChI is InChI=1S/C12H19N3O2/c1-3-6-14-7-11(16)15-8-10(12(13)17)5-4-9(15)2/h1,9-10,14H,4-8H2,2H3,(H2,13,17). The first kappa shape index (κ1) is 13.5. The molecule has 0 aliphatic carbocycles. The average molecular weight is 237 g/mol. The minimum atomic E-state index is -0.328. The molecule has 0 aromatic carbocycles. The maximum absolute atomic E-state index is 11.9. The van der Waals surface area contributed by atoms with Gasteiger partial charge in [0.1, 0.15) is 0 Å². The van der Waals surface area contributed by atoms with E-state index in [0.29, 0.717) is 13.1 Å². The van der Waals surface area contributed by atoms with Gasteiger partial charge in [0.05, 0.1) is 19.0 Å². The van der Waals surface area contributed by atoms with Crippen LogP contribution in [0, 0.1) is 18.3 Å². The van der Waals surface area contributed by atoms with Crippen molar-refractivity contribution in [2.45, 2.75) is 25.8 Å². The molecule has 5 heteroatoms. The van der Waals surface area contributed by atoms with Gasteiger partial charge in [0.15, 0.2) is 0 Å². The van der Waals surface area contributed by atoms with Gasteiger partial charge in [-0.3, -0.25) is 14.9 Å². The molecule has 1 aliphatic rings. The van der Waals surface area contributed by atoms with E-state index in [2.05, 4.69) is 11.2 Å². The van der Waals surface area contributed by atoms with Gasteiger partial charge in [0.25, 0.3) is 0 Å². The van der Waals surface area contributed by atoms with E-state index in [4.69, 9.17) is 12.2 Å². The number of likely N-dealkylation sites (tertiary alicyclic amines) is 1. The normalized spacial score (nSPS) is 24.1. The second-order valence-corrected chi connectivity index (χ2v) is 4.38. The van der Waals surface area contributed by atoms with E-state index < -0.39 is 0 Å². The van der Waals surface area contributed by atoms with E-state index >= 15 is 0 Å². The zero-order valence-corrected chi connectivity index (χ0v) is 10.1. The third-order valence-corrected chi connectivity index (χ3v) is 3.11. The van der Waals surface area contributed by atoms with E-state index in [1.165, 1.54) is 0 Å². The summed E-state index contributed by atoms with van der Waals surface area (Å²) in [5, 5.41) is 2.85. The second kappa shape index (κ2) is 6.26. The number of primary amides is 1. The minimum Gasteiger partial charge on any atom is -0.369 e. The molecule has 94 valence electrons. The quantitative estimate of drug-likeness (QED) is 0.502. The van der Waals surface area contributed by atoms with Crippen LogP contribution in [-0.2, 0) is 9.59 Å². The molecule has 0 spiro atoms. The molecule has 0 radical (unpaired) electrons. The summed E-state index contributed by atoms with van der Waals surface area (Å²) in [6.07, 6.45) is 6.66. The van der Waals surface area contributed by atoms with Crippen molar-refractivity contribution in [3.05, 3.63) is 0 Å². The molecule has 0 aromatic heterocycles. The molecule has 3 N–H and O–H groups in total. The van der Waals surface area contributed by atoms with E-state index in [9.17, 15) is 9.59 Å². The lowest BCUT2D eigenvalue weighted by atomic mass is 9.93. The lowest BCUT2D eigenvalue weighted by molar-refractivity contribution is -0.136. The highest BCUT2D eigenvalue weighted by Crippen LogP contribution is 2.21. The zero-order chi connectivity index (χ0) is 12.8. The summed E-state index contributed by atoms with van der Waals surface area (Å²) in [6, 6.07) is 0.158.